The van der Waals surface area contributed by atoms with Gasteiger partial charge in [-0.25, -0.2) is 0 Å². The molecule has 0 aliphatic rings. The molecule has 0 spiro atoms. The summed E-state index contributed by atoms with van der Waals surface area (Å²) in [6.07, 6.45) is 4.53. The molecule has 17 heavy (non-hydrogen) atoms. The fraction of sp³-hybridized carbons (Fsp3) is 0.667. The van der Waals surface area contributed by atoms with Crippen LogP contribution < -0.4 is 10.1 Å². The molecule has 0 radical (unpaired) electrons. The van der Waals surface area contributed by atoms with Gasteiger partial charge in [0.15, 0.2) is 0 Å². The van der Waals surface area contributed by atoms with Crippen molar-refractivity contribution in [1.29, 1.82) is 0 Å². The lowest BCUT2D eigenvalue weighted by atomic mass is 10.2. The van der Waals surface area contributed by atoms with Crippen molar-refractivity contribution >= 4 is 5.82 Å². The smallest absolute Gasteiger partial charge is 0.234 e. The predicted octanol–water partition coefficient (Wildman–Crippen LogP) is 1.84. The van der Waals surface area contributed by atoms with Gasteiger partial charge in [-0.15, -0.1) is 0 Å². The predicted molar refractivity (Wildman–Crippen MR) is 67.2 cm³/mol. The number of anilines is 1. The third-order valence-corrected chi connectivity index (χ3v) is 2.22. The molecule has 0 fully saturated rings. The van der Waals surface area contributed by atoms with Crippen LogP contribution in [-0.4, -0.2) is 33.8 Å². The molecule has 96 valence electrons. The molecule has 1 rings (SSSR count). The number of nitrogens with zero attached hydrogens (tertiary/aromatic N) is 2. The zero-order valence-corrected chi connectivity index (χ0v) is 10.7. The van der Waals surface area contributed by atoms with Crippen molar-refractivity contribution in [1.82, 2.24) is 9.97 Å². The van der Waals surface area contributed by atoms with Gasteiger partial charge in [0.05, 0.1) is 24.6 Å². The van der Waals surface area contributed by atoms with Crippen molar-refractivity contribution in [2.45, 2.75) is 45.8 Å². The molecule has 0 aromatic carbocycles. The van der Waals surface area contributed by atoms with Gasteiger partial charge in [-0.2, -0.15) is 4.98 Å². The summed E-state index contributed by atoms with van der Waals surface area (Å²) < 4.78 is 5.44. The molecule has 1 heterocycles. The number of ether oxygens (including phenoxy) is 1. The lowest BCUT2D eigenvalue weighted by molar-refractivity contribution is 0.164. The van der Waals surface area contributed by atoms with E-state index >= 15 is 0 Å². The zero-order valence-electron chi connectivity index (χ0n) is 10.7. The molecule has 0 aliphatic heterocycles. The second kappa shape index (κ2) is 7.06. The van der Waals surface area contributed by atoms with E-state index in [0.29, 0.717) is 24.7 Å². The Labute approximate surface area is 102 Å². The number of hydrogen-bond donors (Lipinski definition) is 2. The second-order valence-corrected chi connectivity index (χ2v) is 4.19. The Bertz CT molecular complexity index is 331. The first kappa shape index (κ1) is 13.7. The quantitative estimate of drug-likeness (QED) is 0.760. The third kappa shape index (κ3) is 5.49. The van der Waals surface area contributed by atoms with Crippen LogP contribution in [0.2, 0.25) is 0 Å². The molecule has 0 bridgehead atoms. The fourth-order valence-corrected chi connectivity index (χ4v) is 1.30. The van der Waals surface area contributed by atoms with Crippen molar-refractivity contribution in [2.24, 2.45) is 0 Å². The summed E-state index contributed by atoms with van der Waals surface area (Å²) in [6.45, 7) is 6.52. The molecular formula is C12H21N3O2. The molecule has 0 saturated heterocycles. The SMILES string of the molecule is CCC(O)CCNc1cncc(OC(C)C)n1. The molecule has 1 atom stereocenters. The lowest BCUT2D eigenvalue weighted by Gasteiger charge is -2.11. The summed E-state index contributed by atoms with van der Waals surface area (Å²) >= 11 is 0. The summed E-state index contributed by atoms with van der Waals surface area (Å²) in [4.78, 5) is 8.30. The van der Waals surface area contributed by atoms with Gasteiger partial charge < -0.3 is 15.2 Å². The van der Waals surface area contributed by atoms with Crippen molar-refractivity contribution in [3.63, 3.8) is 0 Å². The largest absolute Gasteiger partial charge is 0.474 e. The van der Waals surface area contributed by atoms with E-state index in [1.165, 1.54) is 0 Å². The summed E-state index contributed by atoms with van der Waals surface area (Å²) in [5.41, 5.74) is 0. The average Bonchev–Trinajstić information content (AvgIpc) is 2.28. The van der Waals surface area contributed by atoms with Gasteiger partial charge in [-0.05, 0) is 26.7 Å². The summed E-state index contributed by atoms with van der Waals surface area (Å²) in [7, 11) is 0. The van der Waals surface area contributed by atoms with Gasteiger partial charge in [0.1, 0.15) is 5.82 Å². The number of rotatable bonds is 7. The topological polar surface area (TPSA) is 67.3 Å². The number of aliphatic hydroxyl groups excluding tert-OH is 1. The highest BCUT2D eigenvalue weighted by atomic mass is 16.5. The summed E-state index contributed by atoms with van der Waals surface area (Å²) in [5, 5.41) is 12.5. The Morgan fingerprint density at radius 2 is 2.18 bits per heavy atom. The Morgan fingerprint density at radius 1 is 1.41 bits per heavy atom. The minimum Gasteiger partial charge on any atom is -0.474 e. The first-order valence-electron chi connectivity index (χ1n) is 6.02. The van der Waals surface area contributed by atoms with E-state index < -0.39 is 0 Å². The van der Waals surface area contributed by atoms with Crippen LogP contribution in [0.3, 0.4) is 0 Å². The van der Waals surface area contributed by atoms with E-state index in [4.69, 9.17) is 4.74 Å². The molecule has 1 unspecified atom stereocenters. The van der Waals surface area contributed by atoms with Crippen LogP contribution in [0.5, 0.6) is 5.88 Å². The van der Waals surface area contributed by atoms with E-state index in [1.54, 1.807) is 12.4 Å². The first-order chi connectivity index (χ1) is 8.11. The van der Waals surface area contributed by atoms with Crippen LogP contribution in [0.25, 0.3) is 0 Å². The number of aromatic nitrogens is 2. The van der Waals surface area contributed by atoms with Crippen LogP contribution >= 0.6 is 0 Å². The van der Waals surface area contributed by atoms with Crippen LogP contribution in [0.4, 0.5) is 5.82 Å². The minimum atomic E-state index is -0.259. The van der Waals surface area contributed by atoms with Gasteiger partial charge in [0.2, 0.25) is 5.88 Å². The molecular weight excluding hydrogens is 218 g/mol. The lowest BCUT2D eigenvalue weighted by Crippen LogP contribution is -2.13. The highest BCUT2D eigenvalue weighted by Crippen LogP contribution is 2.10. The normalized spacial score (nSPS) is 12.5. The van der Waals surface area contributed by atoms with Gasteiger partial charge in [-0.3, -0.25) is 4.98 Å². The van der Waals surface area contributed by atoms with Gasteiger partial charge >= 0.3 is 0 Å². The molecule has 1 aromatic heterocycles. The highest BCUT2D eigenvalue weighted by Gasteiger charge is 2.03. The first-order valence-corrected chi connectivity index (χ1v) is 6.02. The molecule has 2 N–H and O–H groups in total. The van der Waals surface area contributed by atoms with Crippen molar-refractivity contribution in [3.8, 4) is 5.88 Å². The van der Waals surface area contributed by atoms with Crippen molar-refractivity contribution in [3.05, 3.63) is 12.4 Å². The van der Waals surface area contributed by atoms with Gasteiger partial charge in [-0.1, -0.05) is 6.92 Å². The van der Waals surface area contributed by atoms with Crippen LogP contribution in [0, 0.1) is 0 Å². The van der Waals surface area contributed by atoms with Gasteiger partial charge in [0.25, 0.3) is 0 Å². The molecule has 0 amide bonds. The maximum absolute atomic E-state index is 9.41. The zero-order chi connectivity index (χ0) is 12.7. The Morgan fingerprint density at radius 3 is 2.82 bits per heavy atom. The fourth-order valence-electron chi connectivity index (χ4n) is 1.30. The Balaban J connectivity index is 2.43. The third-order valence-electron chi connectivity index (χ3n) is 2.22. The van der Waals surface area contributed by atoms with Crippen molar-refractivity contribution in [2.75, 3.05) is 11.9 Å². The molecule has 5 heteroatoms. The summed E-state index contributed by atoms with van der Waals surface area (Å²) in [5.74, 6) is 1.19. The molecule has 1 aromatic rings. The van der Waals surface area contributed by atoms with E-state index in [1.807, 2.05) is 20.8 Å². The molecule has 5 nitrogen and oxygen atoms in total. The van der Waals surface area contributed by atoms with Crippen LogP contribution in [-0.2, 0) is 0 Å². The monoisotopic (exact) mass is 239 g/mol. The highest BCUT2D eigenvalue weighted by molar-refractivity contribution is 5.33. The molecule has 0 saturated carbocycles. The number of aliphatic hydroxyl groups is 1. The average molecular weight is 239 g/mol. The Kier molecular flexibility index (Phi) is 5.69. The standard InChI is InChI=1S/C12H21N3O2/c1-4-10(16)5-6-14-11-7-13-8-12(15-11)17-9(2)3/h7-10,16H,4-6H2,1-3H3,(H,14,15). The van der Waals surface area contributed by atoms with Crippen LogP contribution in [0.1, 0.15) is 33.6 Å². The van der Waals surface area contributed by atoms with E-state index in [9.17, 15) is 5.11 Å². The number of nitrogens with one attached hydrogen (secondary N) is 1. The number of hydrogen-bond acceptors (Lipinski definition) is 5. The minimum absolute atomic E-state index is 0.0847. The second-order valence-electron chi connectivity index (χ2n) is 4.19. The molecule has 0 aliphatic carbocycles. The Hall–Kier alpha value is -1.36. The van der Waals surface area contributed by atoms with Crippen molar-refractivity contribution < 1.29 is 9.84 Å². The van der Waals surface area contributed by atoms with Gasteiger partial charge in [0, 0.05) is 6.54 Å². The maximum atomic E-state index is 9.41. The van der Waals surface area contributed by atoms with Crippen LogP contribution in [0.15, 0.2) is 12.4 Å². The maximum Gasteiger partial charge on any atom is 0.234 e. The van der Waals surface area contributed by atoms with E-state index in [0.717, 1.165) is 6.42 Å². The van der Waals surface area contributed by atoms with E-state index in [-0.39, 0.29) is 12.2 Å². The summed E-state index contributed by atoms with van der Waals surface area (Å²) in [6, 6.07) is 0. The van der Waals surface area contributed by atoms with E-state index in [2.05, 4.69) is 15.3 Å².